The molecule has 3 heterocycles. The van der Waals surface area contributed by atoms with Gasteiger partial charge in [-0.2, -0.15) is 5.10 Å². The van der Waals surface area contributed by atoms with Crippen molar-refractivity contribution in [3.63, 3.8) is 0 Å². The Bertz CT molecular complexity index is 904. The van der Waals surface area contributed by atoms with E-state index in [1.54, 1.807) is 10.9 Å². The topological polar surface area (TPSA) is 54.5 Å². The van der Waals surface area contributed by atoms with Gasteiger partial charge in [0.1, 0.15) is 11.4 Å². The van der Waals surface area contributed by atoms with E-state index in [-0.39, 0.29) is 5.91 Å². The second-order valence-corrected chi connectivity index (χ2v) is 6.87. The molecule has 1 aliphatic rings. The highest BCUT2D eigenvalue weighted by atomic mass is 16.3. The molecule has 27 heavy (non-hydrogen) atoms. The minimum absolute atomic E-state index is 0.0108. The Balaban J connectivity index is 1.70. The van der Waals surface area contributed by atoms with Crippen molar-refractivity contribution < 1.29 is 9.21 Å². The van der Waals surface area contributed by atoms with E-state index in [0.717, 1.165) is 38.4 Å². The number of aromatic nitrogens is 2. The van der Waals surface area contributed by atoms with E-state index < -0.39 is 0 Å². The third-order valence-corrected chi connectivity index (χ3v) is 5.09. The summed E-state index contributed by atoms with van der Waals surface area (Å²) < 4.78 is 7.22. The minimum atomic E-state index is 0.0108. The molecule has 1 amide bonds. The van der Waals surface area contributed by atoms with E-state index in [9.17, 15) is 4.79 Å². The molecule has 0 N–H and O–H groups in total. The Labute approximate surface area is 159 Å². The summed E-state index contributed by atoms with van der Waals surface area (Å²) in [5, 5.41) is 4.66. The Morgan fingerprint density at radius 3 is 2.48 bits per heavy atom. The largest absolute Gasteiger partial charge is 0.463 e. The number of piperazine rings is 1. The van der Waals surface area contributed by atoms with Gasteiger partial charge >= 0.3 is 0 Å². The van der Waals surface area contributed by atoms with Gasteiger partial charge in [-0.05, 0) is 37.7 Å². The van der Waals surface area contributed by atoms with Crippen molar-refractivity contribution in [2.75, 3.05) is 32.7 Å². The van der Waals surface area contributed by atoms with E-state index in [2.05, 4.69) is 16.9 Å². The van der Waals surface area contributed by atoms with E-state index in [1.165, 1.54) is 5.56 Å². The zero-order chi connectivity index (χ0) is 18.8. The predicted octanol–water partition coefficient (Wildman–Crippen LogP) is 3.22. The van der Waals surface area contributed by atoms with Crippen LogP contribution < -0.4 is 0 Å². The predicted molar refractivity (Wildman–Crippen MR) is 104 cm³/mol. The smallest absolute Gasteiger partial charge is 0.272 e. The van der Waals surface area contributed by atoms with Crippen molar-refractivity contribution >= 4 is 5.91 Å². The van der Waals surface area contributed by atoms with Gasteiger partial charge in [-0.25, -0.2) is 4.68 Å². The lowest BCUT2D eigenvalue weighted by Crippen LogP contribution is -2.48. The Hall–Kier alpha value is -2.86. The van der Waals surface area contributed by atoms with Crippen molar-refractivity contribution in [2.24, 2.45) is 0 Å². The molecule has 1 aromatic carbocycles. The zero-order valence-electron chi connectivity index (χ0n) is 15.8. The number of carbonyl (C=O) groups is 1. The lowest BCUT2D eigenvalue weighted by molar-refractivity contribution is 0.0634. The summed E-state index contributed by atoms with van der Waals surface area (Å²) in [7, 11) is 0. The molecule has 6 nitrogen and oxygen atoms in total. The van der Waals surface area contributed by atoms with E-state index in [1.807, 2.05) is 54.3 Å². The van der Waals surface area contributed by atoms with Crippen molar-refractivity contribution in [1.82, 2.24) is 19.6 Å². The number of aryl methyl sites for hydroxylation is 1. The van der Waals surface area contributed by atoms with Gasteiger partial charge in [-0.15, -0.1) is 0 Å². The fraction of sp³-hybridized carbons (Fsp3) is 0.333. The monoisotopic (exact) mass is 364 g/mol. The van der Waals surface area contributed by atoms with Gasteiger partial charge in [0.2, 0.25) is 0 Å². The van der Waals surface area contributed by atoms with E-state index >= 15 is 0 Å². The number of amides is 1. The Morgan fingerprint density at radius 2 is 1.85 bits per heavy atom. The molecule has 0 bridgehead atoms. The minimum Gasteiger partial charge on any atom is -0.463 e. The maximum Gasteiger partial charge on any atom is 0.272 e. The van der Waals surface area contributed by atoms with Crippen LogP contribution >= 0.6 is 0 Å². The van der Waals surface area contributed by atoms with Gasteiger partial charge in [0, 0.05) is 32.2 Å². The van der Waals surface area contributed by atoms with Crippen LogP contribution in [0.15, 0.2) is 53.1 Å². The van der Waals surface area contributed by atoms with Crippen LogP contribution in [0.2, 0.25) is 0 Å². The Morgan fingerprint density at radius 1 is 1.11 bits per heavy atom. The highest BCUT2D eigenvalue weighted by molar-refractivity contribution is 5.94. The van der Waals surface area contributed by atoms with Gasteiger partial charge in [0.25, 0.3) is 5.91 Å². The van der Waals surface area contributed by atoms with Gasteiger partial charge in [-0.3, -0.25) is 4.79 Å². The fourth-order valence-electron chi connectivity index (χ4n) is 3.39. The SMILES string of the molecule is CCN1CCN(C(=O)c2cc(-c3ccco3)nn2-c2ccc(C)cc2)CC1. The third kappa shape index (κ3) is 3.53. The van der Waals surface area contributed by atoms with Crippen LogP contribution in [0.4, 0.5) is 0 Å². The molecule has 1 saturated heterocycles. The molecule has 4 rings (SSSR count). The number of rotatable bonds is 4. The molecule has 1 aliphatic heterocycles. The number of furan rings is 1. The molecular formula is C21H24N4O2. The molecule has 0 aliphatic carbocycles. The first-order valence-corrected chi connectivity index (χ1v) is 9.38. The maximum atomic E-state index is 13.3. The molecule has 6 heteroatoms. The molecule has 140 valence electrons. The highest BCUT2D eigenvalue weighted by Crippen LogP contribution is 2.23. The summed E-state index contributed by atoms with van der Waals surface area (Å²) in [4.78, 5) is 17.5. The summed E-state index contributed by atoms with van der Waals surface area (Å²) >= 11 is 0. The molecule has 3 aromatic rings. The average Bonchev–Trinajstić information content (AvgIpc) is 3.38. The van der Waals surface area contributed by atoms with Crippen LogP contribution in [-0.4, -0.2) is 58.2 Å². The first-order chi connectivity index (χ1) is 13.2. The third-order valence-electron chi connectivity index (χ3n) is 5.09. The molecule has 0 saturated carbocycles. The molecule has 2 aromatic heterocycles. The highest BCUT2D eigenvalue weighted by Gasteiger charge is 2.26. The zero-order valence-corrected chi connectivity index (χ0v) is 15.8. The number of hydrogen-bond acceptors (Lipinski definition) is 4. The van der Waals surface area contributed by atoms with Gasteiger partial charge in [0.15, 0.2) is 5.76 Å². The van der Waals surface area contributed by atoms with Crippen molar-refractivity contribution in [1.29, 1.82) is 0 Å². The standard InChI is InChI=1S/C21H24N4O2/c1-3-23-10-12-24(13-11-23)21(26)19-15-18(20-5-4-14-27-20)22-25(19)17-8-6-16(2)7-9-17/h4-9,14-15H,3,10-13H2,1-2H3. The molecule has 1 fully saturated rings. The van der Waals surface area contributed by atoms with Gasteiger partial charge in [-0.1, -0.05) is 24.6 Å². The first kappa shape index (κ1) is 17.5. The van der Waals surface area contributed by atoms with Gasteiger partial charge in [0.05, 0.1) is 12.0 Å². The van der Waals surface area contributed by atoms with Crippen LogP contribution in [0.3, 0.4) is 0 Å². The van der Waals surface area contributed by atoms with Crippen LogP contribution in [-0.2, 0) is 0 Å². The number of nitrogens with zero attached hydrogens (tertiary/aromatic N) is 4. The first-order valence-electron chi connectivity index (χ1n) is 9.38. The summed E-state index contributed by atoms with van der Waals surface area (Å²) in [5.41, 5.74) is 3.26. The van der Waals surface area contributed by atoms with Crippen LogP contribution in [0.5, 0.6) is 0 Å². The number of hydrogen-bond donors (Lipinski definition) is 0. The van der Waals surface area contributed by atoms with Crippen molar-refractivity contribution in [3.05, 3.63) is 60.0 Å². The number of carbonyl (C=O) groups excluding carboxylic acids is 1. The van der Waals surface area contributed by atoms with Crippen LogP contribution in [0, 0.1) is 6.92 Å². The average molecular weight is 364 g/mol. The van der Waals surface area contributed by atoms with Gasteiger partial charge < -0.3 is 14.2 Å². The molecule has 0 atom stereocenters. The maximum absolute atomic E-state index is 13.3. The lowest BCUT2D eigenvalue weighted by Gasteiger charge is -2.34. The second-order valence-electron chi connectivity index (χ2n) is 6.87. The molecule has 0 spiro atoms. The molecule has 0 radical (unpaired) electrons. The summed E-state index contributed by atoms with van der Waals surface area (Å²) in [6.45, 7) is 8.51. The number of likely N-dealkylation sites (N-methyl/N-ethyl adjacent to an activating group) is 1. The summed E-state index contributed by atoms with van der Waals surface area (Å²) in [6.07, 6.45) is 1.62. The van der Waals surface area contributed by atoms with Crippen molar-refractivity contribution in [3.8, 4) is 17.1 Å². The van der Waals surface area contributed by atoms with E-state index in [0.29, 0.717) is 17.1 Å². The fourth-order valence-corrected chi connectivity index (χ4v) is 3.39. The summed E-state index contributed by atoms with van der Waals surface area (Å²) in [5.74, 6) is 0.669. The van der Waals surface area contributed by atoms with Crippen molar-refractivity contribution in [2.45, 2.75) is 13.8 Å². The van der Waals surface area contributed by atoms with Crippen LogP contribution in [0.25, 0.3) is 17.1 Å². The normalized spacial score (nSPS) is 15.3. The molecular weight excluding hydrogens is 340 g/mol. The summed E-state index contributed by atoms with van der Waals surface area (Å²) in [6, 6.07) is 13.5. The van der Waals surface area contributed by atoms with E-state index in [4.69, 9.17) is 4.42 Å². The molecule has 0 unspecified atom stereocenters. The second kappa shape index (κ2) is 7.40. The lowest BCUT2D eigenvalue weighted by atomic mass is 10.2. The van der Waals surface area contributed by atoms with Crippen LogP contribution in [0.1, 0.15) is 23.0 Å². The quantitative estimate of drug-likeness (QED) is 0.713. The number of benzene rings is 1. The Kier molecular flexibility index (Phi) is 4.81.